The van der Waals surface area contributed by atoms with Crippen LogP contribution in [0.1, 0.15) is 50.2 Å². The van der Waals surface area contributed by atoms with E-state index in [1.807, 2.05) is 6.92 Å². The first kappa shape index (κ1) is 17.6. The molecule has 0 aromatic heterocycles. The summed E-state index contributed by atoms with van der Waals surface area (Å²) in [6.45, 7) is 5.17. The molecule has 142 valence electrons. The molecule has 1 aromatic carbocycles. The van der Waals surface area contributed by atoms with Crippen molar-refractivity contribution in [2.24, 2.45) is 5.73 Å². The number of amides is 1. The number of rotatable bonds is 6. The minimum Gasteiger partial charge on any atom is -0.494 e. The van der Waals surface area contributed by atoms with E-state index in [0.717, 1.165) is 42.7 Å². The Morgan fingerprint density at radius 3 is 2.96 bits per heavy atom. The fourth-order valence-corrected chi connectivity index (χ4v) is 4.07. The van der Waals surface area contributed by atoms with E-state index >= 15 is 0 Å². The molecule has 5 atom stereocenters. The first-order valence-electron chi connectivity index (χ1n) is 9.71. The second-order valence-electron chi connectivity index (χ2n) is 7.58. The van der Waals surface area contributed by atoms with Crippen molar-refractivity contribution in [3.8, 4) is 11.5 Å². The van der Waals surface area contributed by atoms with Crippen molar-refractivity contribution in [2.75, 3.05) is 13.2 Å². The van der Waals surface area contributed by atoms with Crippen LogP contribution >= 0.6 is 0 Å². The SMILES string of the molecule is CCOc1cc2c(cc1C1CC1NC(=O)[C@@H]1CC[C@H](CN)O1)OC(C)C2. The average Bonchev–Trinajstić information content (AvgIpc) is 3.05. The highest BCUT2D eigenvalue weighted by Gasteiger charge is 2.43. The number of hydrogen-bond donors (Lipinski definition) is 2. The smallest absolute Gasteiger partial charge is 0.249 e. The number of nitrogens with one attached hydrogen (secondary N) is 1. The van der Waals surface area contributed by atoms with Crippen LogP contribution in [0.3, 0.4) is 0 Å². The Hall–Kier alpha value is -1.79. The maximum Gasteiger partial charge on any atom is 0.249 e. The summed E-state index contributed by atoms with van der Waals surface area (Å²) in [6, 6.07) is 4.36. The van der Waals surface area contributed by atoms with Gasteiger partial charge in [0.1, 0.15) is 23.7 Å². The minimum absolute atomic E-state index is 0.0150. The molecule has 1 aromatic rings. The van der Waals surface area contributed by atoms with E-state index in [2.05, 4.69) is 24.4 Å². The van der Waals surface area contributed by atoms with Gasteiger partial charge >= 0.3 is 0 Å². The van der Waals surface area contributed by atoms with E-state index in [4.69, 9.17) is 19.9 Å². The maximum absolute atomic E-state index is 12.4. The van der Waals surface area contributed by atoms with Crippen molar-refractivity contribution in [2.45, 2.75) is 69.8 Å². The quantitative estimate of drug-likeness (QED) is 0.809. The largest absolute Gasteiger partial charge is 0.494 e. The zero-order chi connectivity index (χ0) is 18.3. The molecule has 1 aliphatic carbocycles. The number of ether oxygens (including phenoxy) is 3. The molecule has 3 unspecified atom stereocenters. The molecule has 6 heteroatoms. The second-order valence-corrected chi connectivity index (χ2v) is 7.58. The lowest BCUT2D eigenvalue weighted by Crippen LogP contribution is -2.37. The minimum atomic E-state index is -0.361. The molecular weight excluding hydrogens is 332 g/mol. The number of fused-ring (bicyclic) bond motifs is 1. The third kappa shape index (κ3) is 3.40. The molecule has 26 heavy (non-hydrogen) atoms. The molecule has 3 aliphatic rings. The fraction of sp³-hybridized carbons (Fsp3) is 0.650. The lowest BCUT2D eigenvalue weighted by molar-refractivity contribution is -0.132. The lowest BCUT2D eigenvalue weighted by Gasteiger charge is -2.14. The summed E-state index contributed by atoms with van der Waals surface area (Å²) in [5, 5.41) is 3.13. The van der Waals surface area contributed by atoms with Crippen molar-refractivity contribution in [3.63, 3.8) is 0 Å². The van der Waals surface area contributed by atoms with Crippen molar-refractivity contribution in [3.05, 3.63) is 23.3 Å². The maximum atomic E-state index is 12.4. The zero-order valence-corrected chi connectivity index (χ0v) is 15.5. The highest BCUT2D eigenvalue weighted by molar-refractivity contribution is 5.82. The number of benzene rings is 1. The van der Waals surface area contributed by atoms with Crippen LogP contribution in [0.25, 0.3) is 0 Å². The molecule has 4 rings (SSSR count). The molecule has 1 saturated heterocycles. The van der Waals surface area contributed by atoms with Crippen molar-refractivity contribution in [1.29, 1.82) is 0 Å². The van der Waals surface area contributed by atoms with E-state index in [0.29, 0.717) is 13.2 Å². The van der Waals surface area contributed by atoms with Crippen molar-refractivity contribution >= 4 is 5.91 Å². The van der Waals surface area contributed by atoms with Crippen LogP contribution in [0.4, 0.5) is 0 Å². The van der Waals surface area contributed by atoms with Gasteiger partial charge in [-0.25, -0.2) is 0 Å². The molecule has 1 amide bonds. The molecule has 1 saturated carbocycles. The predicted molar refractivity (Wildman–Crippen MR) is 97.6 cm³/mol. The Bertz CT molecular complexity index is 693. The molecule has 6 nitrogen and oxygen atoms in total. The van der Waals surface area contributed by atoms with E-state index in [1.54, 1.807) is 0 Å². The van der Waals surface area contributed by atoms with Crippen LogP contribution in [0, 0.1) is 0 Å². The average molecular weight is 360 g/mol. The van der Waals surface area contributed by atoms with E-state index in [9.17, 15) is 4.79 Å². The van der Waals surface area contributed by atoms with Gasteiger partial charge in [0.15, 0.2) is 0 Å². The van der Waals surface area contributed by atoms with Crippen LogP contribution in [0.15, 0.2) is 12.1 Å². The van der Waals surface area contributed by atoms with Gasteiger partial charge in [0.2, 0.25) is 5.91 Å². The Kier molecular flexibility index (Phi) is 4.80. The number of carbonyl (C=O) groups excluding carboxylic acids is 1. The van der Waals surface area contributed by atoms with Crippen LogP contribution in [-0.4, -0.2) is 43.4 Å². The summed E-state index contributed by atoms with van der Waals surface area (Å²) in [4.78, 5) is 12.4. The summed E-state index contributed by atoms with van der Waals surface area (Å²) >= 11 is 0. The third-order valence-corrected chi connectivity index (χ3v) is 5.51. The second kappa shape index (κ2) is 7.08. The highest BCUT2D eigenvalue weighted by atomic mass is 16.5. The van der Waals surface area contributed by atoms with Gasteiger partial charge < -0.3 is 25.3 Å². The molecule has 2 heterocycles. The summed E-state index contributed by atoms with van der Waals surface area (Å²) in [7, 11) is 0. The standard InChI is InChI=1S/C20H28N2O4/c1-3-24-19-7-12-6-11(2)25-18(12)9-15(19)14-8-16(14)22-20(23)17-5-4-13(10-21)26-17/h7,9,11,13-14,16-17H,3-6,8,10,21H2,1-2H3,(H,22,23)/t11?,13-,14?,16?,17+/m1/s1. The first-order chi connectivity index (χ1) is 12.6. The topological polar surface area (TPSA) is 82.8 Å². The van der Waals surface area contributed by atoms with Crippen molar-refractivity contribution < 1.29 is 19.0 Å². The number of carbonyl (C=O) groups is 1. The van der Waals surface area contributed by atoms with Gasteiger partial charge in [0, 0.05) is 36.1 Å². The Morgan fingerprint density at radius 2 is 2.23 bits per heavy atom. The molecule has 3 N–H and O–H groups in total. The van der Waals surface area contributed by atoms with Gasteiger partial charge in [0.25, 0.3) is 0 Å². The van der Waals surface area contributed by atoms with Gasteiger partial charge in [-0.3, -0.25) is 4.79 Å². The Balaban J connectivity index is 1.43. The van der Waals surface area contributed by atoms with E-state index in [-0.39, 0.29) is 36.2 Å². The molecule has 2 aliphatic heterocycles. The van der Waals surface area contributed by atoms with Gasteiger partial charge in [0.05, 0.1) is 12.7 Å². The van der Waals surface area contributed by atoms with Crippen molar-refractivity contribution in [1.82, 2.24) is 5.32 Å². The lowest BCUT2D eigenvalue weighted by atomic mass is 10.0. The highest BCUT2D eigenvalue weighted by Crippen LogP contribution is 2.48. The normalized spacial score (nSPS) is 32.0. The van der Waals surface area contributed by atoms with Gasteiger partial charge in [-0.2, -0.15) is 0 Å². The summed E-state index contributed by atoms with van der Waals surface area (Å²) in [6.07, 6.45) is 3.31. The Labute approximate surface area is 154 Å². The first-order valence-corrected chi connectivity index (χ1v) is 9.71. The molecule has 0 bridgehead atoms. The van der Waals surface area contributed by atoms with Gasteiger partial charge in [-0.15, -0.1) is 0 Å². The van der Waals surface area contributed by atoms with Crippen LogP contribution in [-0.2, 0) is 16.0 Å². The fourth-order valence-electron chi connectivity index (χ4n) is 4.07. The van der Waals surface area contributed by atoms with E-state index in [1.165, 1.54) is 5.56 Å². The van der Waals surface area contributed by atoms with Crippen LogP contribution in [0.2, 0.25) is 0 Å². The third-order valence-electron chi connectivity index (χ3n) is 5.51. The van der Waals surface area contributed by atoms with Crippen LogP contribution in [0.5, 0.6) is 11.5 Å². The molecule has 0 radical (unpaired) electrons. The molecular formula is C20H28N2O4. The van der Waals surface area contributed by atoms with Crippen LogP contribution < -0.4 is 20.5 Å². The summed E-state index contributed by atoms with van der Waals surface area (Å²) in [5.74, 6) is 2.14. The monoisotopic (exact) mass is 360 g/mol. The van der Waals surface area contributed by atoms with E-state index < -0.39 is 0 Å². The number of hydrogen-bond acceptors (Lipinski definition) is 5. The Morgan fingerprint density at radius 1 is 1.38 bits per heavy atom. The summed E-state index contributed by atoms with van der Waals surface area (Å²) in [5.41, 5.74) is 7.97. The summed E-state index contributed by atoms with van der Waals surface area (Å²) < 4.78 is 17.5. The molecule has 0 spiro atoms. The molecule has 2 fully saturated rings. The van der Waals surface area contributed by atoms with Gasteiger partial charge in [-0.1, -0.05) is 0 Å². The zero-order valence-electron chi connectivity index (χ0n) is 15.5. The number of nitrogens with two attached hydrogens (primary N) is 1. The predicted octanol–water partition coefficient (Wildman–Crippen LogP) is 1.89. The van der Waals surface area contributed by atoms with Gasteiger partial charge in [-0.05, 0) is 45.2 Å².